The number of hydrogen-bond acceptors (Lipinski definition) is 6. The van der Waals surface area contributed by atoms with Crippen molar-refractivity contribution < 1.29 is 38.6 Å². The molecule has 0 spiro atoms. The minimum absolute atomic E-state index is 0.00168. The number of aromatic nitrogens is 2. The third kappa shape index (κ3) is 7.18. The molecule has 0 aliphatic heterocycles. The molecule has 3 aromatic rings. The second-order valence-corrected chi connectivity index (χ2v) is 7.98. The van der Waals surface area contributed by atoms with Gasteiger partial charge in [0.2, 0.25) is 6.10 Å². The quantitative estimate of drug-likeness (QED) is 0.373. The van der Waals surface area contributed by atoms with E-state index in [1.165, 1.54) is 7.11 Å². The van der Waals surface area contributed by atoms with Gasteiger partial charge in [0.05, 0.1) is 0 Å². The van der Waals surface area contributed by atoms with Crippen LogP contribution in [0.4, 0.5) is 0 Å². The molecule has 176 valence electrons. The first-order valence-corrected chi connectivity index (χ1v) is 11.2. The van der Waals surface area contributed by atoms with Gasteiger partial charge in [-0.2, -0.15) is 0 Å². The molecule has 1 atom stereocenters. The number of nitrogens with zero attached hydrogens (tertiary/aromatic N) is 2. The molecule has 0 fully saturated rings. The lowest BCUT2D eigenvalue weighted by Gasteiger charge is -2.37. The Hall–Kier alpha value is -3.14. The van der Waals surface area contributed by atoms with Crippen LogP contribution in [-0.4, -0.2) is 48.9 Å². The fourth-order valence-corrected chi connectivity index (χ4v) is 3.34. The molecule has 0 saturated heterocycles. The summed E-state index contributed by atoms with van der Waals surface area (Å²) in [5, 5.41) is 10.1. The van der Waals surface area contributed by atoms with Gasteiger partial charge in [-0.05, 0) is 31.0 Å². The fraction of sp³-hybridized carbons (Fsp3) is 0.227. The molecule has 4 N–H and O–H groups in total. The number of carboxylic acid groups (broad SMARTS) is 1. The predicted octanol–water partition coefficient (Wildman–Crippen LogP) is 2.59. The van der Waals surface area contributed by atoms with E-state index >= 15 is 0 Å². The third-order valence-electron chi connectivity index (χ3n) is 4.51. The number of carboxylic acids is 1. The van der Waals surface area contributed by atoms with Crippen molar-refractivity contribution >= 4 is 13.8 Å². The summed E-state index contributed by atoms with van der Waals surface area (Å²) in [6.07, 6.45) is -1.41. The normalized spacial score (nSPS) is 12.3. The molecule has 2 aromatic carbocycles. The summed E-state index contributed by atoms with van der Waals surface area (Å²) in [5.74, 6) is -1.18. The summed E-state index contributed by atoms with van der Waals surface area (Å²) in [6, 6.07) is 20.1. The van der Waals surface area contributed by atoms with Crippen LogP contribution in [0.2, 0.25) is 0 Å². The molecule has 1 heterocycles. The van der Waals surface area contributed by atoms with Gasteiger partial charge in [0.25, 0.3) is 0 Å². The van der Waals surface area contributed by atoms with Crippen molar-refractivity contribution in [3.05, 3.63) is 89.2 Å². The number of hydrogen-bond donors (Lipinski definition) is 4. The Morgan fingerprint density at radius 3 is 1.64 bits per heavy atom. The Balaban J connectivity index is 0.000000696. The molecule has 11 heteroatoms. The van der Waals surface area contributed by atoms with Crippen molar-refractivity contribution in [2.75, 3.05) is 7.11 Å². The first-order chi connectivity index (χ1) is 15.5. The number of ether oxygens (including phenoxy) is 2. The average Bonchev–Trinajstić information content (AvgIpc) is 2.73. The zero-order valence-electron chi connectivity index (χ0n) is 18.2. The average molecular weight is 476 g/mol. The number of rotatable bonds is 7. The molecule has 0 aliphatic carbocycles. The van der Waals surface area contributed by atoms with E-state index in [9.17, 15) is 9.90 Å². The Morgan fingerprint density at radius 1 is 0.909 bits per heavy atom. The second kappa shape index (κ2) is 11.1. The van der Waals surface area contributed by atoms with Gasteiger partial charge in [0.1, 0.15) is 0 Å². The highest BCUT2D eigenvalue weighted by molar-refractivity contribution is 7.45. The van der Waals surface area contributed by atoms with Crippen molar-refractivity contribution in [3.63, 3.8) is 0 Å². The lowest BCUT2D eigenvalue weighted by atomic mass is 9.81. The van der Waals surface area contributed by atoms with E-state index in [2.05, 4.69) is 9.97 Å². The monoisotopic (exact) mass is 476 g/mol. The highest BCUT2D eigenvalue weighted by Gasteiger charge is 2.49. The standard InChI is InChI=1S/C22H22N2O4.H3O4P/c1-15-14-16(2)24-21(23-15)28-19(20(25)26)22(27-3,17-10-6-4-7-11-17)18-12-8-5-9-13-18;1-5(2,3)4/h4-14,19H,1-3H3,(H,25,26);(H3,1,2,3,4)/t19-;/m1./s1. The van der Waals surface area contributed by atoms with Crippen molar-refractivity contribution in [1.82, 2.24) is 9.97 Å². The van der Waals surface area contributed by atoms with Crippen LogP contribution < -0.4 is 4.74 Å². The molecule has 1 aromatic heterocycles. The molecule has 0 radical (unpaired) electrons. The Kier molecular flexibility index (Phi) is 8.81. The Morgan fingerprint density at radius 2 is 1.30 bits per heavy atom. The zero-order chi connectivity index (χ0) is 24.6. The number of aryl methyl sites for hydroxylation is 2. The summed E-state index contributed by atoms with van der Waals surface area (Å²) in [7, 11) is -3.17. The van der Waals surface area contributed by atoms with Gasteiger partial charge in [-0.15, -0.1) is 0 Å². The zero-order valence-corrected chi connectivity index (χ0v) is 19.1. The van der Waals surface area contributed by atoms with Crippen molar-refractivity contribution in [1.29, 1.82) is 0 Å². The molecule has 33 heavy (non-hydrogen) atoms. The molecule has 0 bridgehead atoms. The first-order valence-electron chi connectivity index (χ1n) is 9.63. The molecular formula is C22H25N2O8P. The van der Waals surface area contributed by atoms with Gasteiger partial charge in [0, 0.05) is 18.5 Å². The molecule has 0 saturated carbocycles. The van der Waals surface area contributed by atoms with E-state index in [1.807, 2.05) is 60.7 Å². The molecular weight excluding hydrogens is 451 g/mol. The number of aliphatic carboxylic acids is 1. The van der Waals surface area contributed by atoms with E-state index in [0.29, 0.717) is 22.5 Å². The number of carbonyl (C=O) groups is 1. The highest BCUT2D eigenvalue weighted by Crippen LogP contribution is 2.38. The van der Waals surface area contributed by atoms with E-state index in [-0.39, 0.29) is 6.01 Å². The maximum absolute atomic E-state index is 12.4. The van der Waals surface area contributed by atoms with Gasteiger partial charge in [0.15, 0.2) is 5.60 Å². The SMILES string of the molecule is COC(c1ccccc1)(c1ccccc1)[C@H](Oc1nc(C)cc(C)n1)C(=O)O.O=P(O)(O)O. The third-order valence-corrected chi connectivity index (χ3v) is 4.51. The summed E-state index contributed by atoms with van der Waals surface area (Å²) in [4.78, 5) is 42.4. The van der Waals surface area contributed by atoms with E-state index in [1.54, 1.807) is 19.9 Å². The van der Waals surface area contributed by atoms with E-state index in [4.69, 9.17) is 28.7 Å². The van der Waals surface area contributed by atoms with Gasteiger partial charge < -0.3 is 29.3 Å². The second-order valence-electron chi connectivity index (χ2n) is 6.95. The van der Waals surface area contributed by atoms with Crippen LogP contribution in [-0.2, 0) is 19.7 Å². The molecule has 0 amide bonds. The number of phosphoric acid groups is 1. The summed E-state index contributed by atoms with van der Waals surface area (Å²) >= 11 is 0. The smallest absolute Gasteiger partial charge is 0.466 e. The van der Waals surface area contributed by atoms with Crippen molar-refractivity contribution in [2.24, 2.45) is 0 Å². The lowest BCUT2D eigenvalue weighted by molar-refractivity contribution is -0.160. The fourth-order valence-electron chi connectivity index (χ4n) is 3.34. The summed E-state index contributed by atoms with van der Waals surface area (Å²) < 4.78 is 20.6. The van der Waals surface area contributed by atoms with Crippen LogP contribution in [0.5, 0.6) is 6.01 Å². The van der Waals surface area contributed by atoms with Crippen LogP contribution in [0.15, 0.2) is 66.7 Å². The summed E-state index contributed by atoms with van der Waals surface area (Å²) in [5.41, 5.74) is 1.29. The maximum Gasteiger partial charge on any atom is 0.466 e. The van der Waals surface area contributed by atoms with Crippen LogP contribution >= 0.6 is 7.82 Å². The maximum atomic E-state index is 12.4. The van der Waals surface area contributed by atoms with Gasteiger partial charge in [-0.25, -0.2) is 19.3 Å². The lowest BCUT2D eigenvalue weighted by Crippen LogP contribution is -2.50. The minimum atomic E-state index is -4.64. The van der Waals surface area contributed by atoms with E-state index in [0.717, 1.165) is 0 Å². The highest BCUT2D eigenvalue weighted by atomic mass is 31.2. The van der Waals surface area contributed by atoms with Crippen LogP contribution in [0.1, 0.15) is 22.5 Å². The topological polar surface area (TPSA) is 159 Å². The Bertz CT molecular complexity index is 1040. The van der Waals surface area contributed by atoms with Crippen molar-refractivity contribution in [3.8, 4) is 6.01 Å². The first kappa shape index (κ1) is 26.1. The van der Waals surface area contributed by atoms with Crippen LogP contribution in [0.3, 0.4) is 0 Å². The van der Waals surface area contributed by atoms with Gasteiger partial charge >= 0.3 is 19.8 Å². The number of methoxy groups -OCH3 is 1. The van der Waals surface area contributed by atoms with Crippen molar-refractivity contribution in [2.45, 2.75) is 25.6 Å². The number of benzene rings is 2. The van der Waals surface area contributed by atoms with Gasteiger partial charge in [-0.3, -0.25) is 0 Å². The summed E-state index contributed by atoms with van der Waals surface area (Å²) in [6.45, 7) is 3.60. The molecule has 10 nitrogen and oxygen atoms in total. The van der Waals surface area contributed by atoms with Gasteiger partial charge in [-0.1, -0.05) is 60.7 Å². The predicted molar refractivity (Wildman–Crippen MR) is 118 cm³/mol. The van der Waals surface area contributed by atoms with Crippen LogP contribution in [0, 0.1) is 13.8 Å². The van der Waals surface area contributed by atoms with E-state index < -0.39 is 25.5 Å². The molecule has 0 aliphatic rings. The molecule has 0 unspecified atom stereocenters. The molecule has 3 rings (SSSR count). The largest absolute Gasteiger partial charge is 0.478 e. The van der Waals surface area contributed by atoms with Crippen LogP contribution in [0.25, 0.3) is 0 Å². The minimum Gasteiger partial charge on any atom is -0.478 e. The Labute approximate surface area is 190 Å².